The largest absolute Gasteiger partial charge is 0.338 e. The summed E-state index contributed by atoms with van der Waals surface area (Å²) in [6, 6.07) is 0. The second kappa shape index (κ2) is 4.68. The molecule has 1 aromatic rings. The minimum atomic E-state index is 0.0134. The Labute approximate surface area is 95.4 Å². The summed E-state index contributed by atoms with van der Waals surface area (Å²) >= 11 is 0. The van der Waals surface area contributed by atoms with Crippen molar-refractivity contribution < 1.29 is 9.32 Å². The van der Waals surface area contributed by atoms with Gasteiger partial charge in [0.05, 0.1) is 5.69 Å². The third-order valence-electron chi connectivity index (χ3n) is 2.81. The van der Waals surface area contributed by atoms with Gasteiger partial charge in [-0.2, -0.15) is 0 Å². The minimum Gasteiger partial charge on any atom is -0.338 e. The van der Waals surface area contributed by atoms with Gasteiger partial charge in [0.15, 0.2) is 0 Å². The van der Waals surface area contributed by atoms with Crippen molar-refractivity contribution in [3.8, 4) is 0 Å². The molecule has 1 aliphatic carbocycles. The molecular weight excluding hydrogens is 204 g/mol. The van der Waals surface area contributed by atoms with Gasteiger partial charge in [0.2, 0.25) is 11.8 Å². The average molecular weight is 222 g/mol. The highest BCUT2D eigenvalue weighted by Gasteiger charge is 2.20. The summed E-state index contributed by atoms with van der Waals surface area (Å²) < 4.78 is 5.19. The van der Waals surface area contributed by atoms with Gasteiger partial charge in [-0.05, 0) is 31.6 Å². The second-order valence-electron chi connectivity index (χ2n) is 4.79. The maximum atomic E-state index is 11.6. The maximum Gasteiger partial charge on any atom is 0.234 e. The third kappa shape index (κ3) is 2.43. The number of hydrogen-bond donors (Lipinski definition) is 1. The van der Waals surface area contributed by atoms with Crippen LogP contribution in [-0.4, -0.2) is 11.1 Å². The van der Waals surface area contributed by atoms with Crippen LogP contribution in [0.1, 0.15) is 44.4 Å². The van der Waals surface area contributed by atoms with Gasteiger partial charge in [0, 0.05) is 12.0 Å². The van der Waals surface area contributed by atoms with Crippen LogP contribution >= 0.6 is 0 Å². The van der Waals surface area contributed by atoms with Crippen molar-refractivity contribution in [3.63, 3.8) is 0 Å². The Morgan fingerprint density at radius 1 is 1.44 bits per heavy atom. The first-order valence-corrected chi connectivity index (χ1v) is 5.94. The number of carbonyl (C=O) groups excluding carboxylic acids is 1. The molecule has 1 aromatic heterocycles. The number of hydrogen-bond acceptors (Lipinski definition) is 3. The van der Waals surface area contributed by atoms with E-state index < -0.39 is 0 Å². The first kappa shape index (κ1) is 11.2. The topological polar surface area (TPSA) is 55.1 Å². The number of anilines is 1. The molecule has 16 heavy (non-hydrogen) atoms. The molecule has 0 saturated heterocycles. The molecule has 1 aliphatic rings. The van der Waals surface area contributed by atoms with Crippen LogP contribution in [0.25, 0.3) is 0 Å². The van der Waals surface area contributed by atoms with Gasteiger partial charge in [0.25, 0.3) is 0 Å². The van der Waals surface area contributed by atoms with Gasteiger partial charge in [0.1, 0.15) is 0 Å². The Morgan fingerprint density at radius 2 is 2.19 bits per heavy atom. The Morgan fingerprint density at radius 3 is 2.94 bits per heavy atom. The van der Waals surface area contributed by atoms with E-state index in [1.54, 1.807) is 0 Å². The van der Waals surface area contributed by atoms with E-state index in [1.165, 1.54) is 6.42 Å². The average Bonchev–Trinajstić information content (AvgIpc) is 2.61. The molecule has 1 N–H and O–H groups in total. The molecule has 0 radical (unpaired) electrons. The molecule has 0 atom stereocenters. The molecule has 4 heteroatoms. The van der Waals surface area contributed by atoms with Crippen LogP contribution in [0.5, 0.6) is 0 Å². The molecule has 2 rings (SSSR count). The highest BCUT2D eigenvalue weighted by molar-refractivity contribution is 5.90. The van der Waals surface area contributed by atoms with Crippen molar-refractivity contribution in [2.45, 2.75) is 46.0 Å². The molecular formula is C12H18N2O2. The fraction of sp³-hybridized carbons (Fsp3) is 0.667. The van der Waals surface area contributed by atoms with E-state index in [1.807, 2.05) is 13.8 Å². The first-order valence-electron chi connectivity index (χ1n) is 5.94. The van der Waals surface area contributed by atoms with Crippen LogP contribution in [0.4, 0.5) is 5.88 Å². The fourth-order valence-electron chi connectivity index (χ4n) is 2.04. The Kier molecular flexibility index (Phi) is 3.27. The van der Waals surface area contributed by atoms with Gasteiger partial charge < -0.3 is 4.52 Å². The standard InChI is InChI=1S/C12H18N2O2/c1-8(2)7-11(15)13-12-9-5-3-4-6-10(9)14-16-12/h8H,3-7H2,1-2H3,(H,13,15). The summed E-state index contributed by atoms with van der Waals surface area (Å²) in [6.07, 6.45) is 4.78. The monoisotopic (exact) mass is 222 g/mol. The van der Waals surface area contributed by atoms with E-state index >= 15 is 0 Å². The molecule has 1 heterocycles. The van der Waals surface area contributed by atoms with E-state index in [-0.39, 0.29) is 5.91 Å². The highest BCUT2D eigenvalue weighted by Crippen LogP contribution is 2.27. The minimum absolute atomic E-state index is 0.0134. The molecule has 0 unspecified atom stereocenters. The lowest BCUT2D eigenvalue weighted by Gasteiger charge is -2.10. The summed E-state index contributed by atoms with van der Waals surface area (Å²) in [5, 5.41) is 6.81. The quantitative estimate of drug-likeness (QED) is 0.855. The van der Waals surface area contributed by atoms with Gasteiger partial charge in [-0.1, -0.05) is 19.0 Å². The van der Waals surface area contributed by atoms with Crippen LogP contribution < -0.4 is 5.32 Å². The van der Waals surface area contributed by atoms with E-state index in [4.69, 9.17) is 4.52 Å². The Balaban J connectivity index is 2.04. The number of nitrogens with zero attached hydrogens (tertiary/aromatic N) is 1. The van der Waals surface area contributed by atoms with E-state index in [9.17, 15) is 4.79 Å². The van der Waals surface area contributed by atoms with Crippen molar-refractivity contribution in [1.29, 1.82) is 0 Å². The lowest BCUT2D eigenvalue weighted by Crippen LogP contribution is -2.15. The Hall–Kier alpha value is -1.32. The van der Waals surface area contributed by atoms with E-state index in [0.29, 0.717) is 18.2 Å². The van der Waals surface area contributed by atoms with Crippen molar-refractivity contribution in [2.75, 3.05) is 5.32 Å². The number of carbonyl (C=O) groups is 1. The van der Waals surface area contributed by atoms with Crippen molar-refractivity contribution in [3.05, 3.63) is 11.3 Å². The van der Waals surface area contributed by atoms with E-state index in [0.717, 1.165) is 30.5 Å². The molecule has 0 saturated carbocycles. The molecule has 0 bridgehead atoms. The molecule has 88 valence electrons. The van der Waals surface area contributed by atoms with Gasteiger partial charge in [-0.15, -0.1) is 0 Å². The molecule has 4 nitrogen and oxygen atoms in total. The lowest BCUT2D eigenvalue weighted by atomic mass is 9.97. The lowest BCUT2D eigenvalue weighted by molar-refractivity contribution is -0.117. The number of nitrogens with one attached hydrogen (secondary N) is 1. The number of aryl methyl sites for hydroxylation is 1. The zero-order valence-electron chi connectivity index (χ0n) is 9.88. The van der Waals surface area contributed by atoms with Crippen molar-refractivity contribution in [1.82, 2.24) is 5.16 Å². The summed E-state index contributed by atoms with van der Waals surface area (Å²) in [7, 11) is 0. The summed E-state index contributed by atoms with van der Waals surface area (Å²) in [5.41, 5.74) is 2.12. The van der Waals surface area contributed by atoms with Crippen molar-refractivity contribution >= 4 is 11.8 Å². The molecule has 0 aromatic carbocycles. The fourth-order valence-corrected chi connectivity index (χ4v) is 2.04. The second-order valence-corrected chi connectivity index (χ2v) is 4.79. The third-order valence-corrected chi connectivity index (χ3v) is 2.81. The first-order chi connectivity index (χ1) is 7.66. The molecule has 1 amide bonds. The molecule has 0 spiro atoms. The van der Waals surface area contributed by atoms with Crippen LogP contribution in [0.3, 0.4) is 0 Å². The predicted molar refractivity (Wildman–Crippen MR) is 61.2 cm³/mol. The SMILES string of the molecule is CC(C)CC(=O)Nc1onc2c1CCCC2. The van der Waals surface area contributed by atoms with E-state index in [2.05, 4.69) is 10.5 Å². The van der Waals surface area contributed by atoms with Crippen LogP contribution in [0.2, 0.25) is 0 Å². The summed E-state index contributed by atoms with van der Waals surface area (Å²) in [6.45, 7) is 4.05. The van der Waals surface area contributed by atoms with Gasteiger partial charge in [-0.3, -0.25) is 10.1 Å². The summed E-state index contributed by atoms with van der Waals surface area (Å²) in [5.74, 6) is 0.943. The predicted octanol–water partition coefficient (Wildman–Crippen LogP) is 2.54. The van der Waals surface area contributed by atoms with Gasteiger partial charge >= 0.3 is 0 Å². The summed E-state index contributed by atoms with van der Waals surface area (Å²) in [4.78, 5) is 11.6. The number of amides is 1. The van der Waals surface area contributed by atoms with Crippen LogP contribution in [0, 0.1) is 5.92 Å². The smallest absolute Gasteiger partial charge is 0.234 e. The Bertz CT molecular complexity index is 382. The molecule has 0 fully saturated rings. The number of rotatable bonds is 3. The van der Waals surface area contributed by atoms with Crippen LogP contribution in [-0.2, 0) is 17.6 Å². The molecule has 0 aliphatic heterocycles. The number of fused-ring (bicyclic) bond motifs is 1. The maximum absolute atomic E-state index is 11.6. The highest BCUT2D eigenvalue weighted by atomic mass is 16.5. The zero-order chi connectivity index (χ0) is 11.5. The number of aromatic nitrogens is 1. The normalized spacial score (nSPS) is 14.9. The van der Waals surface area contributed by atoms with Crippen LogP contribution in [0.15, 0.2) is 4.52 Å². The zero-order valence-corrected chi connectivity index (χ0v) is 9.88. The van der Waals surface area contributed by atoms with Gasteiger partial charge in [-0.25, -0.2) is 0 Å². The van der Waals surface area contributed by atoms with Crippen molar-refractivity contribution in [2.24, 2.45) is 5.92 Å².